The Morgan fingerprint density at radius 1 is 1.44 bits per heavy atom. The summed E-state index contributed by atoms with van der Waals surface area (Å²) < 4.78 is 6.33. The minimum absolute atomic E-state index is 0.661. The molecule has 0 heterocycles. The number of methoxy groups -OCH3 is 1. The molecule has 1 aromatic rings. The van der Waals surface area contributed by atoms with Crippen molar-refractivity contribution in [3.05, 3.63) is 28.2 Å². The highest BCUT2D eigenvalue weighted by Gasteiger charge is 2.25. The molecule has 2 atom stereocenters. The molecule has 0 amide bonds. The molecule has 0 spiro atoms. The summed E-state index contributed by atoms with van der Waals surface area (Å²) in [5, 5.41) is 4.47. The van der Waals surface area contributed by atoms with Gasteiger partial charge in [-0.2, -0.15) is 11.8 Å². The molecule has 0 aromatic heterocycles. The van der Waals surface area contributed by atoms with Crippen LogP contribution in [0.25, 0.3) is 0 Å². The molecule has 1 aliphatic carbocycles. The Morgan fingerprint density at radius 3 is 2.94 bits per heavy atom. The van der Waals surface area contributed by atoms with Gasteiger partial charge in [-0.1, -0.05) is 28.4 Å². The number of halogens is 1. The van der Waals surface area contributed by atoms with E-state index in [0.717, 1.165) is 22.0 Å². The van der Waals surface area contributed by atoms with Gasteiger partial charge in [-0.25, -0.2) is 0 Å². The number of benzene rings is 1. The maximum Gasteiger partial charge on any atom is 0.120 e. The first-order chi connectivity index (χ1) is 8.74. The van der Waals surface area contributed by atoms with Gasteiger partial charge >= 0.3 is 0 Å². The van der Waals surface area contributed by atoms with Crippen molar-refractivity contribution < 1.29 is 4.74 Å². The summed E-state index contributed by atoms with van der Waals surface area (Å²) in [4.78, 5) is 0. The van der Waals surface area contributed by atoms with Crippen LogP contribution in [0.3, 0.4) is 0 Å². The number of nitrogens with one attached hydrogen (secondary N) is 1. The van der Waals surface area contributed by atoms with Crippen LogP contribution in [0.4, 0.5) is 0 Å². The predicted molar refractivity (Wildman–Crippen MR) is 82.5 cm³/mol. The van der Waals surface area contributed by atoms with Crippen molar-refractivity contribution in [2.24, 2.45) is 0 Å². The fourth-order valence-corrected chi connectivity index (χ4v) is 3.94. The van der Waals surface area contributed by atoms with Crippen LogP contribution in [0.1, 0.15) is 24.8 Å². The summed E-state index contributed by atoms with van der Waals surface area (Å²) in [6.07, 6.45) is 6.23. The van der Waals surface area contributed by atoms with Gasteiger partial charge in [0.1, 0.15) is 5.75 Å². The van der Waals surface area contributed by atoms with E-state index >= 15 is 0 Å². The molecule has 0 bridgehead atoms. The zero-order valence-electron chi connectivity index (χ0n) is 10.9. The van der Waals surface area contributed by atoms with Gasteiger partial charge in [0.15, 0.2) is 0 Å². The number of hydrogen-bond acceptors (Lipinski definition) is 3. The van der Waals surface area contributed by atoms with Crippen LogP contribution in [0.2, 0.25) is 0 Å². The van der Waals surface area contributed by atoms with Gasteiger partial charge in [-0.15, -0.1) is 0 Å². The van der Waals surface area contributed by atoms with Gasteiger partial charge in [0.05, 0.1) is 7.11 Å². The lowest BCUT2D eigenvalue weighted by molar-refractivity contribution is 0.414. The number of thioether (sulfide) groups is 1. The van der Waals surface area contributed by atoms with Crippen molar-refractivity contribution in [1.29, 1.82) is 0 Å². The van der Waals surface area contributed by atoms with Crippen LogP contribution < -0.4 is 10.1 Å². The van der Waals surface area contributed by atoms with Gasteiger partial charge in [-0.05, 0) is 36.8 Å². The molecule has 1 fully saturated rings. The lowest BCUT2D eigenvalue weighted by Crippen LogP contribution is -2.33. The molecular formula is C14H20BrNOS. The summed E-state index contributed by atoms with van der Waals surface area (Å²) in [6, 6.07) is 6.83. The van der Waals surface area contributed by atoms with Crippen LogP contribution in [-0.2, 0) is 6.54 Å². The monoisotopic (exact) mass is 329 g/mol. The minimum atomic E-state index is 0.661. The SMILES string of the molecule is COc1ccc(CNC2CCCC2SC)c(Br)c1. The summed E-state index contributed by atoms with van der Waals surface area (Å²) in [7, 11) is 1.70. The largest absolute Gasteiger partial charge is 0.497 e. The Morgan fingerprint density at radius 2 is 2.28 bits per heavy atom. The first-order valence-electron chi connectivity index (χ1n) is 6.33. The summed E-state index contributed by atoms with van der Waals surface area (Å²) in [5.74, 6) is 0.897. The average molecular weight is 330 g/mol. The van der Waals surface area contributed by atoms with Gasteiger partial charge in [0.25, 0.3) is 0 Å². The molecular weight excluding hydrogens is 310 g/mol. The Hall–Kier alpha value is -0.190. The van der Waals surface area contributed by atoms with Gasteiger partial charge in [-0.3, -0.25) is 0 Å². The maximum atomic E-state index is 5.21. The average Bonchev–Trinajstić information content (AvgIpc) is 2.84. The molecule has 0 aliphatic heterocycles. The van der Waals surface area contributed by atoms with Crippen molar-refractivity contribution in [3.8, 4) is 5.75 Å². The zero-order valence-corrected chi connectivity index (χ0v) is 13.3. The minimum Gasteiger partial charge on any atom is -0.497 e. The highest BCUT2D eigenvalue weighted by atomic mass is 79.9. The molecule has 1 N–H and O–H groups in total. The van der Waals surface area contributed by atoms with E-state index in [2.05, 4.69) is 33.6 Å². The smallest absolute Gasteiger partial charge is 0.120 e. The summed E-state index contributed by atoms with van der Waals surface area (Å²) in [5.41, 5.74) is 1.29. The molecule has 0 saturated heterocycles. The van der Waals surface area contributed by atoms with E-state index in [1.165, 1.54) is 24.8 Å². The van der Waals surface area contributed by atoms with E-state index in [9.17, 15) is 0 Å². The molecule has 100 valence electrons. The maximum absolute atomic E-state index is 5.21. The van der Waals surface area contributed by atoms with Crippen LogP contribution >= 0.6 is 27.7 Å². The molecule has 1 saturated carbocycles. The molecule has 18 heavy (non-hydrogen) atoms. The number of rotatable bonds is 5. The normalized spacial score (nSPS) is 23.3. The lowest BCUT2D eigenvalue weighted by atomic mass is 10.2. The first kappa shape index (κ1) is 14.2. The van der Waals surface area contributed by atoms with Gasteiger partial charge in [0.2, 0.25) is 0 Å². The molecule has 2 unspecified atom stereocenters. The van der Waals surface area contributed by atoms with E-state index in [1.54, 1.807) is 7.11 Å². The van der Waals surface area contributed by atoms with Crippen LogP contribution in [0, 0.1) is 0 Å². The predicted octanol–water partition coefficient (Wildman–Crippen LogP) is 3.83. The lowest BCUT2D eigenvalue weighted by Gasteiger charge is -2.19. The van der Waals surface area contributed by atoms with E-state index in [4.69, 9.17) is 4.74 Å². The Labute approximate surface area is 122 Å². The van der Waals surface area contributed by atoms with Crippen molar-refractivity contribution in [1.82, 2.24) is 5.32 Å². The Balaban J connectivity index is 1.93. The summed E-state index contributed by atoms with van der Waals surface area (Å²) in [6.45, 7) is 0.923. The van der Waals surface area contributed by atoms with Crippen molar-refractivity contribution >= 4 is 27.7 Å². The quantitative estimate of drug-likeness (QED) is 0.886. The summed E-state index contributed by atoms with van der Waals surface area (Å²) >= 11 is 5.60. The third-order valence-corrected chi connectivity index (χ3v) is 5.48. The second kappa shape index (κ2) is 6.83. The Bertz CT molecular complexity index is 399. The van der Waals surface area contributed by atoms with E-state index in [1.807, 2.05) is 23.9 Å². The number of ether oxygens (including phenoxy) is 1. The number of hydrogen-bond donors (Lipinski definition) is 1. The molecule has 2 nitrogen and oxygen atoms in total. The topological polar surface area (TPSA) is 21.3 Å². The van der Waals surface area contributed by atoms with Crippen molar-refractivity contribution in [2.75, 3.05) is 13.4 Å². The second-order valence-electron chi connectivity index (χ2n) is 4.65. The van der Waals surface area contributed by atoms with Crippen LogP contribution in [0.5, 0.6) is 5.75 Å². The van der Waals surface area contributed by atoms with Gasteiger partial charge in [0, 0.05) is 22.3 Å². The third kappa shape index (κ3) is 3.43. The van der Waals surface area contributed by atoms with Gasteiger partial charge < -0.3 is 10.1 Å². The van der Waals surface area contributed by atoms with Crippen LogP contribution in [0.15, 0.2) is 22.7 Å². The molecule has 4 heteroatoms. The Kier molecular flexibility index (Phi) is 5.39. The fourth-order valence-electron chi connectivity index (χ4n) is 2.48. The van der Waals surface area contributed by atoms with Crippen molar-refractivity contribution in [2.45, 2.75) is 37.1 Å². The highest BCUT2D eigenvalue weighted by Crippen LogP contribution is 2.29. The van der Waals surface area contributed by atoms with E-state index in [-0.39, 0.29) is 0 Å². The third-order valence-electron chi connectivity index (χ3n) is 3.57. The second-order valence-corrected chi connectivity index (χ2v) is 6.58. The molecule has 2 rings (SSSR count). The molecule has 1 aliphatic rings. The molecule has 0 radical (unpaired) electrons. The first-order valence-corrected chi connectivity index (χ1v) is 8.41. The van der Waals surface area contributed by atoms with E-state index < -0.39 is 0 Å². The van der Waals surface area contributed by atoms with Crippen LogP contribution in [-0.4, -0.2) is 24.7 Å². The fraction of sp³-hybridized carbons (Fsp3) is 0.571. The zero-order chi connectivity index (χ0) is 13.0. The van der Waals surface area contributed by atoms with E-state index in [0.29, 0.717) is 6.04 Å². The molecule has 1 aromatic carbocycles. The van der Waals surface area contributed by atoms with Crippen molar-refractivity contribution in [3.63, 3.8) is 0 Å². The standard InChI is InChI=1S/C14H20BrNOS/c1-17-11-7-6-10(12(15)8-11)9-16-13-4-3-5-14(13)18-2/h6-8,13-14,16H,3-5,9H2,1-2H3. The highest BCUT2D eigenvalue weighted by molar-refractivity contribution is 9.10.